The van der Waals surface area contributed by atoms with Gasteiger partial charge in [0.15, 0.2) is 0 Å². The summed E-state index contributed by atoms with van der Waals surface area (Å²) >= 11 is 0. The Hall–Kier alpha value is -1.55. The van der Waals surface area contributed by atoms with Gasteiger partial charge in [-0.3, -0.25) is 4.79 Å². The van der Waals surface area contributed by atoms with Crippen LogP contribution in [0.4, 0.5) is 0 Å². The molecule has 2 N–H and O–H groups in total. The van der Waals surface area contributed by atoms with Crippen molar-refractivity contribution in [1.29, 1.82) is 0 Å². The second kappa shape index (κ2) is 7.71. The van der Waals surface area contributed by atoms with Gasteiger partial charge < -0.3 is 15.4 Å². The minimum atomic E-state index is 0.0887. The van der Waals surface area contributed by atoms with Crippen molar-refractivity contribution in [2.45, 2.75) is 25.8 Å². The van der Waals surface area contributed by atoms with E-state index in [0.717, 1.165) is 18.7 Å². The van der Waals surface area contributed by atoms with E-state index in [1.807, 2.05) is 18.2 Å². The number of methoxy groups -OCH3 is 1. The largest absolute Gasteiger partial charge is 0.497 e. The Morgan fingerprint density at radius 3 is 2.89 bits per heavy atom. The molecule has 1 aromatic rings. The van der Waals surface area contributed by atoms with E-state index in [-0.39, 0.29) is 11.9 Å². The average molecular weight is 250 g/mol. The third-order valence-corrected chi connectivity index (χ3v) is 2.90. The molecule has 0 aliphatic carbocycles. The second-order valence-electron chi connectivity index (χ2n) is 4.23. The van der Waals surface area contributed by atoms with Crippen LogP contribution in [0.1, 0.15) is 31.4 Å². The Morgan fingerprint density at radius 2 is 2.22 bits per heavy atom. The van der Waals surface area contributed by atoms with Gasteiger partial charge in [0.25, 0.3) is 0 Å². The van der Waals surface area contributed by atoms with Gasteiger partial charge in [-0.25, -0.2) is 0 Å². The molecule has 1 rings (SSSR count). The lowest BCUT2D eigenvalue weighted by atomic mass is 10.1. The number of carbonyl (C=O) groups is 1. The van der Waals surface area contributed by atoms with Crippen LogP contribution in [0.3, 0.4) is 0 Å². The van der Waals surface area contributed by atoms with Crippen LogP contribution in [0.25, 0.3) is 0 Å². The van der Waals surface area contributed by atoms with Crippen LogP contribution in [-0.2, 0) is 4.79 Å². The molecule has 0 aliphatic rings. The summed E-state index contributed by atoms with van der Waals surface area (Å²) in [5.41, 5.74) is 1.19. The van der Waals surface area contributed by atoms with E-state index in [4.69, 9.17) is 4.74 Å². The van der Waals surface area contributed by atoms with Crippen molar-refractivity contribution in [3.05, 3.63) is 29.8 Å². The number of hydrogen-bond donors (Lipinski definition) is 2. The molecule has 18 heavy (non-hydrogen) atoms. The van der Waals surface area contributed by atoms with Gasteiger partial charge in [0.2, 0.25) is 5.91 Å². The van der Waals surface area contributed by atoms with Crippen LogP contribution >= 0.6 is 0 Å². The lowest BCUT2D eigenvalue weighted by Gasteiger charge is -2.14. The number of amides is 1. The number of ether oxygens (including phenoxy) is 1. The van der Waals surface area contributed by atoms with Crippen molar-refractivity contribution >= 4 is 5.91 Å². The van der Waals surface area contributed by atoms with E-state index in [2.05, 4.69) is 23.6 Å². The summed E-state index contributed by atoms with van der Waals surface area (Å²) in [6.45, 7) is 2.93. The average Bonchev–Trinajstić information content (AvgIpc) is 2.43. The molecule has 0 spiro atoms. The first-order valence-electron chi connectivity index (χ1n) is 6.25. The molecule has 0 aromatic heterocycles. The fourth-order valence-corrected chi connectivity index (χ4v) is 1.72. The van der Waals surface area contributed by atoms with Crippen LogP contribution < -0.4 is 15.4 Å². The van der Waals surface area contributed by atoms with Crippen LogP contribution in [0, 0.1) is 0 Å². The first-order valence-corrected chi connectivity index (χ1v) is 6.25. The van der Waals surface area contributed by atoms with E-state index in [9.17, 15) is 4.79 Å². The minimum absolute atomic E-state index is 0.0887. The predicted octanol–water partition coefficient (Wildman–Crippen LogP) is 1.87. The maximum Gasteiger partial charge on any atom is 0.219 e. The molecule has 0 radical (unpaired) electrons. The highest BCUT2D eigenvalue weighted by Gasteiger charge is 2.05. The zero-order valence-corrected chi connectivity index (χ0v) is 11.3. The van der Waals surface area contributed by atoms with E-state index < -0.39 is 0 Å². The van der Waals surface area contributed by atoms with Gasteiger partial charge in [0, 0.05) is 19.5 Å². The topological polar surface area (TPSA) is 50.4 Å². The van der Waals surface area contributed by atoms with Crippen LogP contribution in [0.2, 0.25) is 0 Å². The lowest BCUT2D eigenvalue weighted by Crippen LogP contribution is -2.23. The summed E-state index contributed by atoms with van der Waals surface area (Å²) in [6, 6.07) is 8.26. The summed E-state index contributed by atoms with van der Waals surface area (Å²) < 4.78 is 5.20. The molecular formula is C14H22N2O2. The first-order chi connectivity index (χ1) is 8.67. The number of nitrogens with one attached hydrogen (secondary N) is 2. The quantitative estimate of drug-likeness (QED) is 0.726. The number of hydrogen-bond acceptors (Lipinski definition) is 3. The van der Waals surface area contributed by atoms with Crippen molar-refractivity contribution < 1.29 is 9.53 Å². The summed E-state index contributed by atoms with van der Waals surface area (Å²) in [5, 5.41) is 6.01. The van der Waals surface area contributed by atoms with Crippen LogP contribution in [0.15, 0.2) is 24.3 Å². The van der Waals surface area contributed by atoms with Gasteiger partial charge in [-0.15, -0.1) is 0 Å². The van der Waals surface area contributed by atoms with E-state index in [0.29, 0.717) is 6.42 Å². The summed E-state index contributed by atoms with van der Waals surface area (Å²) in [5.74, 6) is 0.956. The molecule has 0 bridgehead atoms. The summed E-state index contributed by atoms with van der Waals surface area (Å²) in [4.78, 5) is 11.1. The fourth-order valence-electron chi connectivity index (χ4n) is 1.72. The minimum Gasteiger partial charge on any atom is -0.497 e. The Kier molecular flexibility index (Phi) is 6.22. The fraction of sp³-hybridized carbons (Fsp3) is 0.500. The van der Waals surface area contributed by atoms with E-state index in [1.54, 1.807) is 14.2 Å². The van der Waals surface area contributed by atoms with Crippen LogP contribution in [-0.4, -0.2) is 26.6 Å². The van der Waals surface area contributed by atoms with Crippen molar-refractivity contribution in [2.24, 2.45) is 0 Å². The highest BCUT2D eigenvalue weighted by atomic mass is 16.5. The third kappa shape index (κ3) is 4.75. The van der Waals surface area contributed by atoms with E-state index >= 15 is 0 Å². The Balaban J connectivity index is 2.35. The van der Waals surface area contributed by atoms with Crippen LogP contribution in [0.5, 0.6) is 5.75 Å². The van der Waals surface area contributed by atoms with Crippen molar-refractivity contribution in [3.8, 4) is 5.75 Å². The standard InChI is InChI=1S/C14H22N2O2/c1-11(16-9-5-8-14(17)15-2)12-6-4-7-13(10-12)18-3/h4,6-7,10-11,16H,5,8-9H2,1-3H3,(H,15,17)/t11-/m0/s1. The first kappa shape index (κ1) is 14.5. The molecule has 4 nitrogen and oxygen atoms in total. The Morgan fingerprint density at radius 1 is 1.44 bits per heavy atom. The third-order valence-electron chi connectivity index (χ3n) is 2.90. The molecule has 0 unspecified atom stereocenters. The molecule has 0 saturated heterocycles. The summed E-state index contributed by atoms with van der Waals surface area (Å²) in [6.07, 6.45) is 1.41. The molecule has 1 aromatic carbocycles. The molecule has 100 valence electrons. The molecule has 0 fully saturated rings. The summed E-state index contributed by atoms with van der Waals surface area (Å²) in [7, 11) is 3.33. The molecule has 0 aliphatic heterocycles. The predicted molar refractivity (Wildman–Crippen MR) is 72.7 cm³/mol. The zero-order chi connectivity index (χ0) is 13.4. The molecule has 0 heterocycles. The van der Waals surface area contributed by atoms with Crippen molar-refractivity contribution in [1.82, 2.24) is 10.6 Å². The van der Waals surface area contributed by atoms with Gasteiger partial charge in [-0.05, 0) is 37.6 Å². The maximum absolute atomic E-state index is 11.1. The zero-order valence-electron chi connectivity index (χ0n) is 11.3. The van der Waals surface area contributed by atoms with Gasteiger partial charge in [0.05, 0.1) is 7.11 Å². The SMILES string of the molecule is CNC(=O)CCCN[C@@H](C)c1cccc(OC)c1. The van der Waals surface area contributed by atoms with E-state index in [1.165, 1.54) is 5.56 Å². The monoisotopic (exact) mass is 250 g/mol. The molecule has 0 saturated carbocycles. The highest BCUT2D eigenvalue weighted by Crippen LogP contribution is 2.18. The highest BCUT2D eigenvalue weighted by molar-refractivity contribution is 5.75. The van der Waals surface area contributed by atoms with Crippen molar-refractivity contribution in [3.63, 3.8) is 0 Å². The van der Waals surface area contributed by atoms with Gasteiger partial charge in [-0.2, -0.15) is 0 Å². The lowest BCUT2D eigenvalue weighted by molar-refractivity contribution is -0.120. The number of benzene rings is 1. The maximum atomic E-state index is 11.1. The van der Waals surface area contributed by atoms with Gasteiger partial charge >= 0.3 is 0 Å². The normalized spacial score (nSPS) is 11.9. The molecule has 4 heteroatoms. The Labute approximate surface area is 109 Å². The molecular weight excluding hydrogens is 228 g/mol. The Bertz CT molecular complexity index is 380. The van der Waals surface area contributed by atoms with Gasteiger partial charge in [-0.1, -0.05) is 12.1 Å². The smallest absolute Gasteiger partial charge is 0.219 e. The second-order valence-corrected chi connectivity index (χ2v) is 4.23. The molecule has 1 atom stereocenters. The molecule has 1 amide bonds. The number of rotatable bonds is 7. The van der Waals surface area contributed by atoms with Gasteiger partial charge in [0.1, 0.15) is 5.75 Å². The number of carbonyl (C=O) groups excluding carboxylic acids is 1. The van der Waals surface area contributed by atoms with Crippen molar-refractivity contribution in [2.75, 3.05) is 20.7 Å².